The monoisotopic (exact) mass is 382 g/mol. The van der Waals surface area contributed by atoms with Gasteiger partial charge in [-0.15, -0.1) is 0 Å². The zero-order valence-electron chi connectivity index (χ0n) is 16.3. The first-order valence-electron chi connectivity index (χ1n) is 9.55. The van der Waals surface area contributed by atoms with E-state index in [1.54, 1.807) is 6.07 Å². The van der Waals surface area contributed by atoms with E-state index in [1.165, 1.54) is 0 Å². The van der Waals surface area contributed by atoms with Crippen LogP contribution >= 0.6 is 0 Å². The topological polar surface area (TPSA) is 109 Å². The van der Waals surface area contributed by atoms with Gasteiger partial charge in [0.15, 0.2) is 0 Å². The SMILES string of the molecule is CC(C)c1cc(C(=O)N2CCC(Cc3ccc(CC(=O)O)cc3)C2)nc(N)n1. The Labute approximate surface area is 164 Å². The fraction of sp³-hybridized carbons (Fsp3) is 0.429. The molecule has 1 unspecified atom stereocenters. The van der Waals surface area contributed by atoms with Crippen molar-refractivity contribution < 1.29 is 14.7 Å². The molecule has 1 aromatic heterocycles. The van der Waals surface area contributed by atoms with E-state index in [4.69, 9.17) is 10.8 Å². The van der Waals surface area contributed by atoms with Gasteiger partial charge in [0.1, 0.15) is 5.69 Å². The molecule has 0 spiro atoms. The molecule has 1 atom stereocenters. The minimum absolute atomic E-state index is 0.0341. The molecule has 3 rings (SSSR count). The molecular formula is C21H26N4O3. The molecule has 0 aliphatic carbocycles. The van der Waals surface area contributed by atoms with E-state index in [0.29, 0.717) is 24.7 Å². The predicted molar refractivity (Wildman–Crippen MR) is 106 cm³/mol. The Hall–Kier alpha value is -2.96. The third-order valence-corrected chi connectivity index (χ3v) is 5.05. The van der Waals surface area contributed by atoms with Crippen LogP contribution in [-0.4, -0.2) is 44.9 Å². The molecule has 1 aliphatic heterocycles. The van der Waals surface area contributed by atoms with Gasteiger partial charge in [-0.3, -0.25) is 9.59 Å². The number of aliphatic carboxylic acids is 1. The number of anilines is 1. The predicted octanol–water partition coefficient (Wildman–Crippen LogP) is 2.51. The van der Waals surface area contributed by atoms with E-state index in [0.717, 1.165) is 29.7 Å². The third-order valence-electron chi connectivity index (χ3n) is 5.05. The Balaban J connectivity index is 1.62. The number of hydrogen-bond donors (Lipinski definition) is 2. The van der Waals surface area contributed by atoms with Gasteiger partial charge in [0.25, 0.3) is 5.91 Å². The minimum atomic E-state index is -0.830. The lowest BCUT2D eigenvalue weighted by molar-refractivity contribution is -0.136. The van der Waals surface area contributed by atoms with Crippen LogP contribution in [0.3, 0.4) is 0 Å². The van der Waals surface area contributed by atoms with Gasteiger partial charge in [-0.1, -0.05) is 38.1 Å². The van der Waals surface area contributed by atoms with Gasteiger partial charge in [0, 0.05) is 18.8 Å². The van der Waals surface area contributed by atoms with E-state index >= 15 is 0 Å². The van der Waals surface area contributed by atoms with Crippen LogP contribution in [0, 0.1) is 5.92 Å². The molecule has 7 heteroatoms. The summed E-state index contributed by atoms with van der Waals surface area (Å²) >= 11 is 0. The number of nitrogens with zero attached hydrogens (tertiary/aromatic N) is 3. The van der Waals surface area contributed by atoms with Crippen LogP contribution in [-0.2, 0) is 17.6 Å². The van der Waals surface area contributed by atoms with Crippen LogP contribution in [0.25, 0.3) is 0 Å². The van der Waals surface area contributed by atoms with Crippen LogP contribution in [0.4, 0.5) is 5.95 Å². The highest BCUT2D eigenvalue weighted by Gasteiger charge is 2.28. The highest BCUT2D eigenvalue weighted by atomic mass is 16.4. The second-order valence-corrected chi connectivity index (χ2v) is 7.69. The maximum Gasteiger partial charge on any atom is 0.307 e. The van der Waals surface area contributed by atoms with Gasteiger partial charge >= 0.3 is 5.97 Å². The molecule has 1 fully saturated rings. The molecule has 148 valence electrons. The molecule has 1 aliphatic rings. The summed E-state index contributed by atoms with van der Waals surface area (Å²) in [5.74, 6) is -0.254. The second-order valence-electron chi connectivity index (χ2n) is 7.69. The van der Waals surface area contributed by atoms with Gasteiger partial charge in [-0.05, 0) is 41.9 Å². The molecule has 28 heavy (non-hydrogen) atoms. The highest BCUT2D eigenvalue weighted by Crippen LogP contribution is 2.23. The molecule has 1 amide bonds. The first kappa shape index (κ1) is 19.8. The van der Waals surface area contributed by atoms with Gasteiger partial charge in [0.2, 0.25) is 5.95 Å². The molecule has 0 radical (unpaired) electrons. The fourth-order valence-electron chi connectivity index (χ4n) is 3.54. The summed E-state index contributed by atoms with van der Waals surface area (Å²) in [6.07, 6.45) is 1.83. The van der Waals surface area contributed by atoms with Crippen molar-refractivity contribution >= 4 is 17.8 Å². The lowest BCUT2D eigenvalue weighted by atomic mass is 9.97. The van der Waals surface area contributed by atoms with E-state index < -0.39 is 5.97 Å². The molecule has 0 saturated carbocycles. The van der Waals surface area contributed by atoms with Crippen molar-refractivity contribution in [2.45, 2.75) is 39.0 Å². The number of likely N-dealkylation sites (tertiary alicyclic amines) is 1. The first-order chi connectivity index (χ1) is 13.3. The average molecular weight is 382 g/mol. The molecule has 2 heterocycles. The van der Waals surface area contributed by atoms with Crippen molar-refractivity contribution in [1.82, 2.24) is 14.9 Å². The van der Waals surface area contributed by atoms with Crippen LogP contribution in [0.15, 0.2) is 30.3 Å². The number of benzene rings is 1. The summed E-state index contributed by atoms with van der Waals surface area (Å²) in [5, 5.41) is 8.85. The maximum atomic E-state index is 12.8. The van der Waals surface area contributed by atoms with Crippen molar-refractivity contribution in [3.05, 3.63) is 52.8 Å². The zero-order chi connectivity index (χ0) is 20.3. The van der Waals surface area contributed by atoms with Crippen LogP contribution in [0.2, 0.25) is 0 Å². The zero-order valence-corrected chi connectivity index (χ0v) is 16.3. The Morgan fingerprint density at radius 2 is 1.89 bits per heavy atom. The Bertz CT molecular complexity index is 864. The van der Waals surface area contributed by atoms with Crippen molar-refractivity contribution in [2.24, 2.45) is 5.92 Å². The minimum Gasteiger partial charge on any atom is -0.481 e. The standard InChI is InChI=1S/C21H26N4O3/c1-13(2)17-11-18(24-21(22)23-17)20(28)25-8-7-16(12-25)9-14-3-5-15(6-4-14)10-19(26)27/h3-6,11,13,16H,7-10,12H2,1-2H3,(H,26,27)(H2,22,23,24). The smallest absolute Gasteiger partial charge is 0.307 e. The van der Waals surface area contributed by atoms with Gasteiger partial charge < -0.3 is 15.7 Å². The number of carbonyl (C=O) groups is 2. The summed E-state index contributed by atoms with van der Waals surface area (Å²) in [5.41, 5.74) is 8.85. The highest BCUT2D eigenvalue weighted by molar-refractivity contribution is 5.92. The van der Waals surface area contributed by atoms with Crippen LogP contribution in [0.5, 0.6) is 0 Å². The molecule has 0 bridgehead atoms. The largest absolute Gasteiger partial charge is 0.481 e. The fourth-order valence-corrected chi connectivity index (χ4v) is 3.54. The quantitative estimate of drug-likeness (QED) is 0.794. The number of aromatic nitrogens is 2. The first-order valence-corrected chi connectivity index (χ1v) is 9.55. The Morgan fingerprint density at radius 3 is 2.54 bits per heavy atom. The molecule has 3 N–H and O–H groups in total. The van der Waals surface area contributed by atoms with Crippen molar-refractivity contribution in [2.75, 3.05) is 18.8 Å². The van der Waals surface area contributed by atoms with Crippen molar-refractivity contribution in [3.63, 3.8) is 0 Å². The second kappa shape index (κ2) is 8.37. The number of carboxylic acids is 1. The number of nitrogens with two attached hydrogens (primary N) is 1. The number of rotatable bonds is 6. The third kappa shape index (κ3) is 4.85. The molecule has 1 saturated heterocycles. The number of amides is 1. The molecule has 2 aromatic rings. The van der Waals surface area contributed by atoms with E-state index in [2.05, 4.69) is 9.97 Å². The Kier molecular flexibility index (Phi) is 5.92. The molecule has 7 nitrogen and oxygen atoms in total. The summed E-state index contributed by atoms with van der Waals surface area (Å²) in [4.78, 5) is 33.8. The summed E-state index contributed by atoms with van der Waals surface area (Å²) in [6.45, 7) is 5.38. The maximum absolute atomic E-state index is 12.8. The summed E-state index contributed by atoms with van der Waals surface area (Å²) in [6, 6.07) is 9.40. The van der Waals surface area contributed by atoms with Crippen molar-refractivity contribution in [1.29, 1.82) is 0 Å². The van der Waals surface area contributed by atoms with Crippen LogP contribution < -0.4 is 5.73 Å². The Morgan fingerprint density at radius 1 is 1.21 bits per heavy atom. The number of hydrogen-bond acceptors (Lipinski definition) is 5. The van der Waals surface area contributed by atoms with E-state index in [1.807, 2.05) is 43.0 Å². The number of carbonyl (C=O) groups excluding carboxylic acids is 1. The van der Waals surface area contributed by atoms with Gasteiger partial charge in [-0.2, -0.15) is 0 Å². The normalized spacial score (nSPS) is 16.5. The number of carboxylic acid groups (broad SMARTS) is 1. The molecular weight excluding hydrogens is 356 g/mol. The molecule has 1 aromatic carbocycles. The van der Waals surface area contributed by atoms with Gasteiger partial charge in [0.05, 0.1) is 6.42 Å². The average Bonchev–Trinajstić information content (AvgIpc) is 3.10. The lowest BCUT2D eigenvalue weighted by Gasteiger charge is -2.17. The van der Waals surface area contributed by atoms with E-state index in [9.17, 15) is 9.59 Å². The number of nitrogen functional groups attached to an aromatic ring is 1. The van der Waals surface area contributed by atoms with E-state index in [-0.39, 0.29) is 24.2 Å². The summed E-state index contributed by atoms with van der Waals surface area (Å²) in [7, 11) is 0. The van der Waals surface area contributed by atoms with Crippen molar-refractivity contribution in [3.8, 4) is 0 Å². The van der Waals surface area contributed by atoms with Gasteiger partial charge in [-0.25, -0.2) is 9.97 Å². The lowest BCUT2D eigenvalue weighted by Crippen LogP contribution is -2.30. The summed E-state index contributed by atoms with van der Waals surface area (Å²) < 4.78 is 0. The van der Waals surface area contributed by atoms with Crippen LogP contribution in [0.1, 0.15) is 53.5 Å².